The fourth-order valence-corrected chi connectivity index (χ4v) is 4.33. The number of nitrogens with zero attached hydrogens (tertiary/aromatic N) is 4. The highest BCUT2D eigenvalue weighted by atomic mass is 32.1. The number of hydrogen-bond donors (Lipinski definition) is 2. The van der Waals surface area contributed by atoms with E-state index in [-0.39, 0.29) is 27.7 Å². The van der Waals surface area contributed by atoms with Crippen molar-refractivity contribution in [2.75, 3.05) is 18.4 Å². The summed E-state index contributed by atoms with van der Waals surface area (Å²) in [6.45, 7) is 1.55. The van der Waals surface area contributed by atoms with E-state index in [1.807, 2.05) is 30.3 Å². The number of carbonyl (C=O) groups excluding carboxylic acids is 3. The van der Waals surface area contributed by atoms with Crippen molar-refractivity contribution in [3.63, 3.8) is 0 Å². The minimum Gasteiger partial charge on any atom is -0.352 e. The zero-order valence-corrected chi connectivity index (χ0v) is 18.8. The number of carbonyl (C=O) groups is 3. The molecule has 3 heterocycles. The molecular formula is C23H24N6O3S. The van der Waals surface area contributed by atoms with Crippen LogP contribution in [0.25, 0.3) is 0 Å². The summed E-state index contributed by atoms with van der Waals surface area (Å²) < 4.78 is 0. The van der Waals surface area contributed by atoms with Crippen LogP contribution in [0.4, 0.5) is 5.69 Å². The normalized spacial score (nSPS) is 14.0. The lowest BCUT2D eigenvalue weighted by molar-refractivity contribution is -0.122. The SMILES string of the molecule is O=C(CC1CCN(C(=O)c2nnc(C(=O)Nc3ccccc3)s2)CC1)NCc1cccnc1. The van der Waals surface area contributed by atoms with Crippen molar-refractivity contribution in [3.05, 3.63) is 70.4 Å². The minimum absolute atomic E-state index is 0.00169. The third kappa shape index (κ3) is 6.19. The maximum atomic E-state index is 12.8. The molecular weight excluding hydrogens is 440 g/mol. The summed E-state index contributed by atoms with van der Waals surface area (Å²) >= 11 is 0.983. The molecule has 170 valence electrons. The average Bonchev–Trinajstić information content (AvgIpc) is 3.35. The molecule has 10 heteroatoms. The molecule has 0 saturated carbocycles. The molecule has 0 spiro atoms. The van der Waals surface area contributed by atoms with Crippen molar-refractivity contribution < 1.29 is 14.4 Å². The lowest BCUT2D eigenvalue weighted by Gasteiger charge is -2.31. The molecule has 1 aliphatic rings. The van der Waals surface area contributed by atoms with Crippen LogP contribution in [0.5, 0.6) is 0 Å². The molecule has 2 N–H and O–H groups in total. The monoisotopic (exact) mass is 464 g/mol. The van der Waals surface area contributed by atoms with Gasteiger partial charge in [-0.2, -0.15) is 0 Å². The van der Waals surface area contributed by atoms with Gasteiger partial charge in [-0.15, -0.1) is 10.2 Å². The van der Waals surface area contributed by atoms with Gasteiger partial charge in [0, 0.05) is 44.1 Å². The van der Waals surface area contributed by atoms with Crippen molar-refractivity contribution in [2.24, 2.45) is 5.92 Å². The van der Waals surface area contributed by atoms with E-state index in [1.54, 1.807) is 29.4 Å². The highest BCUT2D eigenvalue weighted by molar-refractivity contribution is 7.15. The third-order valence-electron chi connectivity index (χ3n) is 5.42. The molecule has 3 amide bonds. The van der Waals surface area contributed by atoms with Gasteiger partial charge in [0.05, 0.1) is 0 Å². The van der Waals surface area contributed by atoms with Gasteiger partial charge in [0.1, 0.15) is 0 Å². The number of piperidine rings is 1. The molecule has 0 bridgehead atoms. The molecule has 2 aromatic heterocycles. The number of pyridine rings is 1. The Morgan fingerprint density at radius 1 is 1.00 bits per heavy atom. The lowest BCUT2D eigenvalue weighted by atomic mass is 9.93. The fourth-order valence-electron chi connectivity index (χ4n) is 3.62. The summed E-state index contributed by atoms with van der Waals surface area (Å²) in [5.74, 6) is -0.397. The van der Waals surface area contributed by atoms with E-state index in [0.717, 1.165) is 29.7 Å². The number of hydrogen-bond acceptors (Lipinski definition) is 7. The Kier molecular flexibility index (Phi) is 7.36. The Bertz CT molecular complexity index is 1100. The molecule has 33 heavy (non-hydrogen) atoms. The van der Waals surface area contributed by atoms with Gasteiger partial charge >= 0.3 is 0 Å². The number of rotatable bonds is 7. The van der Waals surface area contributed by atoms with Crippen molar-refractivity contribution in [2.45, 2.75) is 25.8 Å². The van der Waals surface area contributed by atoms with E-state index in [2.05, 4.69) is 25.8 Å². The summed E-state index contributed by atoms with van der Waals surface area (Å²) in [4.78, 5) is 43.1. The van der Waals surface area contributed by atoms with E-state index in [1.165, 1.54) is 0 Å². The van der Waals surface area contributed by atoms with E-state index in [9.17, 15) is 14.4 Å². The van der Waals surface area contributed by atoms with Gasteiger partial charge in [-0.25, -0.2) is 0 Å². The number of benzene rings is 1. The molecule has 0 aliphatic carbocycles. The average molecular weight is 465 g/mol. The topological polar surface area (TPSA) is 117 Å². The second-order valence-corrected chi connectivity index (χ2v) is 8.79. The van der Waals surface area contributed by atoms with Crippen LogP contribution < -0.4 is 10.6 Å². The Morgan fingerprint density at radius 2 is 1.76 bits per heavy atom. The van der Waals surface area contributed by atoms with Crippen LogP contribution in [0.1, 0.15) is 44.4 Å². The molecule has 1 aliphatic heterocycles. The summed E-state index contributed by atoms with van der Waals surface area (Å²) in [6, 6.07) is 12.8. The first-order valence-corrected chi connectivity index (χ1v) is 11.5. The maximum Gasteiger partial charge on any atom is 0.286 e. The second kappa shape index (κ2) is 10.8. The van der Waals surface area contributed by atoms with Crippen molar-refractivity contribution in [1.82, 2.24) is 25.4 Å². The molecule has 0 unspecified atom stereocenters. The molecule has 1 saturated heterocycles. The number of nitrogens with one attached hydrogen (secondary N) is 2. The smallest absolute Gasteiger partial charge is 0.286 e. The first-order valence-electron chi connectivity index (χ1n) is 10.7. The van der Waals surface area contributed by atoms with Gasteiger partial charge < -0.3 is 15.5 Å². The molecule has 9 nitrogen and oxygen atoms in total. The Morgan fingerprint density at radius 3 is 2.48 bits per heavy atom. The van der Waals surface area contributed by atoms with E-state index in [4.69, 9.17) is 0 Å². The van der Waals surface area contributed by atoms with Crippen molar-refractivity contribution in [1.29, 1.82) is 0 Å². The number of anilines is 1. The number of amides is 3. The van der Waals surface area contributed by atoms with Crippen molar-refractivity contribution in [3.8, 4) is 0 Å². The van der Waals surface area contributed by atoms with Crippen LogP contribution in [0.15, 0.2) is 54.9 Å². The van der Waals surface area contributed by atoms with E-state index < -0.39 is 5.91 Å². The maximum absolute atomic E-state index is 12.8. The largest absolute Gasteiger partial charge is 0.352 e. The zero-order valence-electron chi connectivity index (χ0n) is 17.9. The van der Waals surface area contributed by atoms with Crippen LogP contribution in [-0.4, -0.2) is 50.9 Å². The summed E-state index contributed by atoms with van der Waals surface area (Å²) in [5, 5.41) is 13.8. The van der Waals surface area contributed by atoms with Gasteiger partial charge in [-0.1, -0.05) is 35.6 Å². The van der Waals surface area contributed by atoms with Crippen LogP contribution in [-0.2, 0) is 11.3 Å². The minimum atomic E-state index is -0.395. The summed E-state index contributed by atoms with van der Waals surface area (Å²) in [7, 11) is 0. The molecule has 0 atom stereocenters. The molecule has 3 aromatic rings. The van der Waals surface area contributed by atoms with Crippen LogP contribution in [0.2, 0.25) is 0 Å². The van der Waals surface area contributed by atoms with Gasteiger partial charge in [0.15, 0.2) is 0 Å². The molecule has 0 radical (unpaired) electrons. The third-order valence-corrected chi connectivity index (χ3v) is 6.33. The van der Waals surface area contributed by atoms with Gasteiger partial charge in [-0.3, -0.25) is 19.4 Å². The van der Waals surface area contributed by atoms with Crippen LogP contribution in [0.3, 0.4) is 0 Å². The van der Waals surface area contributed by atoms with Gasteiger partial charge in [-0.05, 0) is 42.5 Å². The quantitative estimate of drug-likeness (QED) is 0.555. The number of likely N-dealkylation sites (tertiary alicyclic amines) is 1. The second-order valence-electron chi connectivity index (χ2n) is 7.81. The van der Waals surface area contributed by atoms with E-state index >= 15 is 0 Å². The lowest BCUT2D eigenvalue weighted by Crippen LogP contribution is -2.39. The first kappa shape index (κ1) is 22.5. The Balaban J connectivity index is 1.23. The van der Waals surface area contributed by atoms with Crippen LogP contribution in [0, 0.1) is 5.92 Å². The Labute approximate surface area is 195 Å². The fraction of sp³-hybridized carbons (Fsp3) is 0.304. The molecule has 1 aromatic carbocycles. The summed E-state index contributed by atoms with van der Waals surface area (Å²) in [6.07, 6.45) is 5.35. The molecule has 1 fully saturated rings. The highest BCUT2D eigenvalue weighted by Gasteiger charge is 2.27. The van der Waals surface area contributed by atoms with Gasteiger partial charge in [0.25, 0.3) is 11.8 Å². The number of para-hydroxylation sites is 1. The predicted octanol–water partition coefficient (Wildman–Crippen LogP) is 2.74. The highest BCUT2D eigenvalue weighted by Crippen LogP contribution is 2.23. The van der Waals surface area contributed by atoms with Gasteiger partial charge in [0.2, 0.25) is 15.9 Å². The van der Waals surface area contributed by atoms with E-state index in [0.29, 0.717) is 31.7 Å². The standard InChI is InChI=1S/C23H24N6O3S/c30-19(25-15-17-5-4-10-24-14-17)13-16-8-11-29(12-9-16)23(32)22-28-27-21(33-22)20(31)26-18-6-2-1-3-7-18/h1-7,10,14,16H,8-9,11-13,15H2,(H,25,30)(H,26,31). The summed E-state index contributed by atoms with van der Waals surface area (Å²) in [5.41, 5.74) is 1.61. The zero-order chi connectivity index (χ0) is 23.0. The molecule has 4 rings (SSSR count). The predicted molar refractivity (Wildman–Crippen MR) is 124 cm³/mol. The first-order chi connectivity index (χ1) is 16.1. The Hall–Kier alpha value is -3.66. The number of aromatic nitrogens is 3. The van der Waals surface area contributed by atoms with Crippen LogP contribution >= 0.6 is 11.3 Å². The van der Waals surface area contributed by atoms with Crippen molar-refractivity contribution >= 4 is 34.7 Å².